The second-order valence-corrected chi connectivity index (χ2v) is 5.68. The van der Waals surface area contributed by atoms with Crippen LogP contribution >= 0.6 is 11.6 Å². The summed E-state index contributed by atoms with van der Waals surface area (Å²) >= 11 is 6.17. The van der Waals surface area contributed by atoms with Crippen LogP contribution in [-0.4, -0.2) is 26.8 Å². The Bertz CT molecular complexity index is 1170. The van der Waals surface area contributed by atoms with E-state index in [1.807, 2.05) is 0 Å². The van der Waals surface area contributed by atoms with Crippen molar-refractivity contribution >= 4 is 40.1 Å². The molecule has 1 aliphatic heterocycles. The van der Waals surface area contributed by atoms with Gasteiger partial charge in [-0.15, -0.1) is 0 Å². The molecule has 0 fully saturated rings. The molecular formula is C17H5ClN6O2. The lowest BCUT2D eigenvalue weighted by molar-refractivity contribution is 0.0891. The minimum atomic E-state index is -0.672. The highest BCUT2D eigenvalue weighted by Crippen LogP contribution is 2.35. The van der Waals surface area contributed by atoms with Crippen LogP contribution in [-0.2, 0) is 0 Å². The molecule has 1 aromatic heterocycles. The minimum Gasteiger partial charge on any atom is -0.268 e. The van der Waals surface area contributed by atoms with Gasteiger partial charge in [0.1, 0.15) is 12.1 Å². The summed E-state index contributed by atoms with van der Waals surface area (Å²) in [6.45, 7) is 0. The van der Waals surface area contributed by atoms with E-state index >= 15 is 0 Å². The molecule has 0 saturated carbocycles. The molecule has 0 atom stereocenters. The molecule has 26 heavy (non-hydrogen) atoms. The Balaban J connectivity index is 1.99. The van der Waals surface area contributed by atoms with E-state index in [4.69, 9.17) is 22.1 Å². The van der Waals surface area contributed by atoms with Gasteiger partial charge in [0.25, 0.3) is 11.8 Å². The van der Waals surface area contributed by atoms with E-state index in [2.05, 4.69) is 15.0 Å². The zero-order valence-corrected chi connectivity index (χ0v) is 13.5. The van der Waals surface area contributed by atoms with Gasteiger partial charge < -0.3 is 0 Å². The number of carbonyl (C=O) groups is 2. The molecule has 0 bridgehead atoms. The lowest BCUT2D eigenvalue weighted by Gasteiger charge is -2.25. The standard InChI is InChI=1S/C17H5ClN6O2/c18-11-5-4-10-14-8(11)2-1-3-9(14)15(25)24(16(10)26)17-22-12(6-19)21-13(7-20)23-17/h1-5H. The van der Waals surface area contributed by atoms with Gasteiger partial charge in [0.2, 0.25) is 17.6 Å². The van der Waals surface area contributed by atoms with Crippen molar-refractivity contribution in [3.05, 3.63) is 58.1 Å². The highest BCUT2D eigenvalue weighted by molar-refractivity contribution is 6.40. The second-order valence-electron chi connectivity index (χ2n) is 5.28. The third-order valence-corrected chi connectivity index (χ3v) is 4.21. The van der Waals surface area contributed by atoms with Crippen molar-refractivity contribution in [2.24, 2.45) is 0 Å². The maximum absolute atomic E-state index is 12.9. The first-order chi connectivity index (χ1) is 12.5. The fourth-order valence-corrected chi connectivity index (χ4v) is 3.03. The number of hydrogen-bond donors (Lipinski definition) is 0. The lowest BCUT2D eigenvalue weighted by Crippen LogP contribution is -2.41. The van der Waals surface area contributed by atoms with Gasteiger partial charge in [-0.1, -0.05) is 23.7 Å². The smallest absolute Gasteiger partial charge is 0.268 e. The highest BCUT2D eigenvalue weighted by Gasteiger charge is 2.36. The van der Waals surface area contributed by atoms with Gasteiger partial charge in [-0.05, 0) is 18.2 Å². The van der Waals surface area contributed by atoms with E-state index < -0.39 is 11.8 Å². The third kappa shape index (κ3) is 2.10. The third-order valence-electron chi connectivity index (χ3n) is 3.88. The van der Waals surface area contributed by atoms with Crippen LogP contribution in [0.15, 0.2) is 30.3 Å². The lowest BCUT2D eigenvalue weighted by atomic mass is 9.94. The van der Waals surface area contributed by atoms with Crippen LogP contribution in [0.3, 0.4) is 0 Å². The number of rotatable bonds is 1. The Morgan fingerprint density at radius 3 is 2.12 bits per heavy atom. The van der Waals surface area contributed by atoms with Crippen molar-refractivity contribution in [3.63, 3.8) is 0 Å². The Kier molecular flexibility index (Phi) is 3.36. The van der Waals surface area contributed by atoms with Gasteiger partial charge in [0.05, 0.1) is 0 Å². The fraction of sp³-hybridized carbons (Fsp3) is 0. The molecule has 122 valence electrons. The molecule has 9 heteroatoms. The van der Waals surface area contributed by atoms with Crippen molar-refractivity contribution in [2.75, 3.05) is 4.90 Å². The molecule has 2 amide bonds. The second kappa shape index (κ2) is 5.59. The maximum Gasteiger partial charge on any atom is 0.268 e. The van der Waals surface area contributed by atoms with Crippen molar-refractivity contribution in [2.45, 2.75) is 0 Å². The molecule has 0 spiro atoms. The summed E-state index contributed by atoms with van der Waals surface area (Å²) in [5, 5.41) is 19.5. The summed E-state index contributed by atoms with van der Waals surface area (Å²) in [4.78, 5) is 37.8. The maximum atomic E-state index is 12.9. The number of anilines is 1. The average Bonchev–Trinajstić information content (AvgIpc) is 2.67. The Morgan fingerprint density at radius 1 is 0.885 bits per heavy atom. The Morgan fingerprint density at radius 2 is 1.50 bits per heavy atom. The number of benzene rings is 2. The number of nitriles is 2. The quantitative estimate of drug-likeness (QED) is 0.609. The number of carbonyl (C=O) groups excluding carboxylic acids is 2. The molecule has 2 heterocycles. The summed E-state index contributed by atoms with van der Waals surface area (Å²) in [5.41, 5.74) is 0.494. The van der Waals surface area contributed by atoms with Crippen LogP contribution in [0, 0.1) is 22.7 Å². The molecule has 3 aromatic rings. The summed E-state index contributed by atoms with van der Waals surface area (Å²) in [6.07, 6.45) is 0. The van der Waals surface area contributed by atoms with Crippen LogP contribution in [0.1, 0.15) is 32.4 Å². The molecule has 2 aromatic carbocycles. The first-order valence-corrected chi connectivity index (χ1v) is 7.59. The van der Waals surface area contributed by atoms with Crippen molar-refractivity contribution in [1.82, 2.24) is 15.0 Å². The zero-order valence-electron chi connectivity index (χ0n) is 12.8. The zero-order chi connectivity index (χ0) is 18.4. The summed E-state index contributed by atoms with van der Waals surface area (Å²) < 4.78 is 0. The van der Waals surface area contributed by atoms with Gasteiger partial charge in [-0.2, -0.15) is 25.5 Å². The fourth-order valence-electron chi connectivity index (χ4n) is 2.81. The van der Waals surface area contributed by atoms with Crippen molar-refractivity contribution in [1.29, 1.82) is 10.5 Å². The number of amides is 2. The normalized spacial score (nSPS) is 12.8. The van der Waals surface area contributed by atoms with Gasteiger partial charge in [-0.3, -0.25) is 9.59 Å². The number of halogens is 1. The topological polar surface area (TPSA) is 124 Å². The molecule has 0 radical (unpaired) electrons. The average molecular weight is 361 g/mol. The SMILES string of the molecule is N#Cc1nc(C#N)nc(N2C(=O)c3cccc4c(Cl)ccc(c34)C2=O)n1. The molecule has 4 rings (SSSR count). The first kappa shape index (κ1) is 15.6. The molecular weight excluding hydrogens is 356 g/mol. The highest BCUT2D eigenvalue weighted by atomic mass is 35.5. The molecule has 0 unspecified atom stereocenters. The van der Waals surface area contributed by atoms with Gasteiger partial charge in [-0.25, -0.2) is 4.90 Å². The van der Waals surface area contributed by atoms with Crippen molar-refractivity contribution < 1.29 is 9.59 Å². The number of hydrogen-bond acceptors (Lipinski definition) is 7. The molecule has 0 aliphatic carbocycles. The first-order valence-electron chi connectivity index (χ1n) is 7.21. The number of imide groups is 1. The molecule has 0 saturated heterocycles. The monoisotopic (exact) mass is 360 g/mol. The Labute approximate surface area is 150 Å². The number of aromatic nitrogens is 3. The van der Waals surface area contributed by atoms with E-state index in [9.17, 15) is 9.59 Å². The van der Waals surface area contributed by atoms with Gasteiger partial charge >= 0.3 is 0 Å². The Hall–Kier alpha value is -3.88. The van der Waals surface area contributed by atoms with Crippen LogP contribution in [0.5, 0.6) is 0 Å². The van der Waals surface area contributed by atoms with Crippen LogP contribution in [0.25, 0.3) is 10.8 Å². The summed E-state index contributed by atoms with van der Waals surface area (Å²) in [6, 6.07) is 11.3. The minimum absolute atomic E-state index is 0.247. The van der Waals surface area contributed by atoms with Gasteiger partial charge in [0, 0.05) is 26.9 Å². The van der Waals surface area contributed by atoms with E-state index in [1.54, 1.807) is 36.4 Å². The molecule has 0 N–H and O–H groups in total. The van der Waals surface area contributed by atoms with E-state index in [0.29, 0.717) is 15.8 Å². The van der Waals surface area contributed by atoms with E-state index in [0.717, 1.165) is 4.90 Å². The van der Waals surface area contributed by atoms with Gasteiger partial charge in [0.15, 0.2) is 0 Å². The van der Waals surface area contributed by atoms with Crippen LogP contribution in [0.2, 0.25) is 5.02 Å². The number of nitrogens with zero attached hydrogens (tertiary/aromatic N) is 6. The predicted octanol–water partition coefficient (Wildman–Crippen LogP) is 2.22. The van der Waals surface area contributed by atoms with Crippen LogP contribution in [0.4, 0.5) is 5.95 Å². The molecule has 8 nitrogen and oxygen atoms in total. The van der Waals surface area contributed by atoms with E-state index in [1.165, 1.54) is 6.07 Å². The summed E-state index contributed by atoms with van der Waals surface area (Å²) in [5.74, 6) is -2.45. The predicted molar refractivity (Wildman–Crippen MR) is 89.4 cm³/mol. The van der Waals surface area contributed by atoms with Crippen LogP contribution < -0.4 is 4.90 Å². The van der Waals surface area contributed by atoms with E-state index in [-0.39, 0.29) is 28.7 Å². The summed E-state index contributed by atoms with van der Waals surface area (Å²) in [7, 11) is 0. The largest absolute Gasteiger partial charge is 0.268 e. The van der Waals surface area contributed by atoms with Crippen molar-refractivity contribution in [3.8, 4) is 12.1 Å². The molecule has 1 aliphatic rings.